The lowest BCUT2D eigenvalue weighted by Crippen LogP contribution is -2.56. The second-order valence-corrected chi connectivity index (χ2v) is 7.19. The zero-order chi connectivity index (χ0) is 13.7. The molecular formula is C18H22O2. The summed E-state index contributed by atoms with van der Waals surface area (Å²) in [6.07, 6.45) is 6.49. The van der Waals surface area contributed by atoms with E-state index in [1.165, 1.54) is 37.7 Å². The van der Waals surface area contributed by atoms with Gasteiger partial charge in [-0.05, 0) is 60.8 Å². The van der Waals surface area contributed by atoms with Crippen molar-refractivity contribution in [3.63, 3.8) is 0 Å². The predicted octanol–water partition coefficient (Wildman–Crippen LogP) is 3.70. The summed E-state index contributed by atoms with van der Waals surface area (Å²) in [5.74, 6) is 1.92. The van der Waals surface area contributed by atoms with E-state index in [1.54, 1.807) is 6.92 Å². The van der Waals surface area contributed by atoms with Gasteiger partial charge in [0.25, 0.3) is 0 Å². The van der Waals surface area contributed by atoms with Crippen molar-refractivity contribution in [2.45, 2.75) is 50.5 Å². The molecule has 4 saturated carbocycles. The largest absolute Gasteiger partial charge is 0.462 e. The first-order valence-electron chi connectivity index (χ1n) is 7.89. The molecule has 2 atom stereocenters. The van der Waals surface area contributed by atoms with Crippen LogP contribution in [0.15, 0.2) is 30.3 Å². The van der Waals surface area contributed by atoms with Crippen LogP contribution in [0, 0.1) is 17.8 Å². The Morgan fingerprint density at radius 1 is 1.10 bits per heavy atom. The Morgan fingerprint density at radius 2 is 1.75 bits per heavy atom. The van der Waals surface area contributed by atoms with Gasteiger partial charge in [0.2, 0.25) is 0 Å². The number of esters is 1. The summed E-state index contributed by atoms with van der Waals surface area (Å²) in [7, 11) is 0. The van der Waals surface area contributed by atoms with E-state index in [0.29, 0.717) is 17.3 Å². The van der Waals surface area contributed by atoms with E-state index >= 15 is 0 Å². The van der Waals surface area contributed by atoms with Crippen LogP contribution in [-0.4, -0.2) is 12.1 Å². The highest BCUT2D eigenvalue weighted by atomic mass is 16.5. The highest BCUT2D eigenvalue weighted by Gasteiger charge is 2.56. The molecule has 0 aromatic heterocycles. The van der Waals surface area contributed by atoms with Crippen molar-refractivity contribution >= 4 is 5.97 Å². The van der Waals surface area contributed by atoms with Crippen LogP contribution >= 0.6 is 0 Å². The van der Waals surface area contributed by atoms with Gasteiger partial charge in [-0.25, -0.2) is 0 Å². The first kappa shape index (κ1) is 12.4. The second kappa shape index (κ2) is 4.34. The summed E-state index contributed by atoms with van der Waals surface area (Å²) in [4.78, 5) is 11.4. The molecule has 0 amide bonds. The van der Waals surface area contributed by atoms with Crippen molar-refractivity contribution in [2.75, 3.05) is 0 Å². The third-order valence-corrected chi connectivity index (χ3v) is 5.87. The van der Waals surface area contributed by atoms with Crippen LogP contribution < -0.4 is 0 Å². The molecule has 4 aliphatic carbocycles. The first-order valence-corrected chi connectivity index (χ1v) is 7.89. The molecule has 2 unspecified atom stereocenters. The molecule has 4 bridgehead atoms. The summed E-state index contributed by atoms with van der Waals surface area (Å²) in [6.45, 7) is 1.55. The van der Waals surface area contributed by atoms with E-state index in [4.69, 9.17) is 4.74 Å². The van der Waals surface area contributed by atoms with E-state index in [0.717, 1.165) is 5.92 Å². The fraction of sp³-hybridized carbons (Fsp3) is 0.611. The fourth-order valence-corrected chi connectivity index (χ4v) is 5.51. The van der Waals surface area contributed by atoms with Gasteiger partial charge in [0.05, 0.1) is 0 Å². The van der Waals surface area contributed by atoms with Crippen molar-refractivity contribution in [3.8, 4) is 0 Å². The summed E-state index contributed by atoms with van der Waals surface area (Å²) in [5, 5.41) is 0. The van der Waals surface area contributed by atoms with Gasteiger partial charge >= 0.3 is 5.97 Å². The number of hydrogen-bond donors (Lipinski definition) is 0. The summed E-state index contributed by atoms with van der Waals surface area (Å²) >= 11 is 0. The lowest BCUT2D eigenvalue weighted by molar-refractivity contribution is -0.171. The maximum Gasteiger partial charge on any atom is 0.302 e. The monoisotopic (exact) mass is 270 g/mol. The highest BCUT2D eigenvalue weighted by Crippen LogP contribution is 2.61. The number of ether oxygens (including phenoxy) is 1. The smallest absolute Gasteiger partial charge is 0.302 e. The Balaban J connectivity index is 1.66. The molecule has 0 N–H and O–H groups in total. The molecule has 4 fully saturated rings. The SMILES string of the molecule is CC(=O)OC1C2CC3CC1CC(c1ccccc1)(C3)C2. The second-order valence-electron chi connectivity index (χ2n) is 7.19. The van der Waals surface area contributed by atoms with E-state index < -0.39 is 0 Å². The Morgan fingerprint density at radius 3 is 2.35 bits per heavy atom. The molecule has 0 aliphatic heterocycles. The predicted molar refractivity (Wildman–Crippen MR) is 77.2 cm³/mol. The number of carbonyl (C=O) groups excluding carboxylic acids is 1. The van der Waals surface area contributed by atoms with Crippen molar-refractivity contribution in [3.05, 3.63) is 35.9 Å². The molecule has 1 aromatic rings. The quantitative estimate of drug-likeness (QED) is 0.766. The van der Waals surface area contributed by atoms with Crippen LogP contribution in [0.3, 0.4) is 0 Å². The van der Waals surface area contributed by atoms with Crippen LogP contribution in [0.5, 0.6) is 0 Å². The van der Waals surface area contributed by atoms with Gasteiger partial charge in [-0.1, -0.05) is 30.3 Å². The molecule has 5 rings (SSSR count). The minimum atomic E-state index is -0.101. The molecule has 0 radical (unpaired) electrons. The Labute approximate surface area is 120 Å². The fourth-order valence-electron chi connectivity index (χ4n) is 5.51. The Bertz CT molecular complexity index is 505. The van der Waals surface area contributed by atoms with Gasteiger partial charge < -0.3 is 4.74 Å². The summed E-state index contributed by atoms with van der Waals surface area (Å²) < 4.78 is 5.67. The molecule has 2 nitrogen and oxygen atoms in total. The summed E-state index contributed by atoms with van der Waals surface area (Å²) in [5.41, 5.74) is 1.88. The lowest BCUT2D eigenvalue weighted by Gasteiger charge is -2.59. The minimum absolute atomic E-state index is 0.101. The van der Waals surface area contributed by atoms with Crippen molar-refractivity contribution < 1.29 is 9.53 Å². The number of benzene rings is 1. The van der Waals surface area contributed by atoms with E-state index in [1.807, 2.05) is 0 Å². The summed E-state index contributed by atoms with van der Waals surface area (Å²) in [6, 6.07) is 11.0. The van der Waals surface area contributed by atoms with E-state index in [9.17, 15) is 4.79 Å². The highest BCUT2D eigenvalue weighted by molar-refractivity contribution is 5.66. The zero-order valence-electron chi connectivity index (χ0n) is 12.0. The van der Waals surface area contributed by atoms with Crippen molar-refractivity contribution in [1.29, 1.82) is 0 Å². The molecule has 106 valence electrons. The van der Waals surface area contributed by atoms with E-state index in [2.05, 4.69) is 30.3 Å². The number of carbonyl (C=O) groups is 1. The van der Waals surface area contributed by atoms with Crippen LogP contribution in [0.2, 0.25) is 0 Å². The average Bonchev–Trinajstić information content (AvgIpc) is 2.43. The van der Waals surface area contributed by atoms with Crippen molar-refractivity contribution in [2.24, 2.45) is 17.8 Å². The molecule has 0 spiro atoms. The normalized spacial score (nSPS) is 41.6. The van der Waals surface area contributed by atoms with Crippen LogP contribution in [0.1, 0.15) is 44.6 Å². The Kier molecular flexibility index (Phi) is 2.70. The lowest BCUT2D eigenvalue weighted by atomic mass is 9.47. The van der Waals surface area contributed by atoms with Gasteiger partial charge in [0, 0.05) is 6.92 Å². The molecule has 2 heteroatoms. The maximum atomic E-state index is 11.4. The average molecular weight is 270 g/mol. The van der Waals surface area contributed by atoms with Gasteiger partial charge in [-0.15, -0.1) is 0 Å². The van der Waals surface area contributed by atoms with Gasteiger partial charge in [-0.2, -0.15) is 0 Å². The molecule has 20 heavy (non-hydrogen) atoms. The molecule has 4 aliphatic rings. The van der Waals surface area contributed by atoms with Crippen LogP contribution in [-0.2, 0) is 14.9 Å². The Hall–Kier alpha value is -1.31. The van der Waals surface area contributed by atoms with Crippen molar-refractivity contribution in [1.82, 2.24) is 0 Å². The maximum absolute atomic E-state index is 11.4. The van der Waals surface area contributed by atoms with Gasteiger partial charge in [0.1, 0.15) is 6.10 Å². The topological polar surface area (TPSA) is 26.3 Å². The van der Waals surface area contributed by atoms with Crippen LogP contribution in [0.4, 0.5) is 0 Å². The minimum Gasteiger partial charge on any atom is -0.462 e. The molecule has 0 heterocycles. The third-order valence-electron chi connectivity index (χ3n) is 5.87. The van der Waals surface area contributed by atoms with Gasteiger partial charge in [-0.3, -0.25) is 4.79 Å². The first-order chi connectivity index (χ1) is 9.66. The number of hydrogen-bond acceptors (Lipinski definition) is 2. The van der Waals surface area contributed by atoms with Crippen LogP contribution in [0.25, 0.3) is 0 Å². The standard InChI is InChI=1S/C18H22O2/c1-12(19)20-17-14-7-13-8-15(17)11-18(9-13,10-14)16-5-3-2-4-6-16/h2-6,13-15,17H,7-11H2,1H3. The molecular weight excluding hydrogens is 248 g/mol. The van der Waals surface area contributed by atoms with E-state index in [-0.39, 0.29) is 12.1 Å². The van der Waals surface area contributed by atoms with Gasteiger partial charge in [0.15, 0.2) is 0 Å². The zero-order valence-corrected chi connectivity index (χ0v) is 12.0. The third kappa shape index (κ3) is 1.81. The molecule has 1 aromatic carbocycles. The molecule has 0 saturated heterocycles. The number of rotatable bonds is 2.